The second-order valence-electron chi connectivity index (χ2n) is 5.02. The molecule has 6 nitrogen and oxygen atoms in total. The SMILES string of the molecule is COc1ccc(OC)c(C=Nn2c(-c3ccc(Cl)cc3)n[nH]c2=S)c1. The number of hydrogen-bond donors (Lipinski definition) is 1. The molecule has 0 unspecified atom stereocenters. The Labute approximate surface area is 154 Å². The average molecular weight is 375 g/mol. The summed E-state index contributed by atoms with van der Waals surface area (Å²) in [6, 6.07) is 12.7. The summed E-state index contributed by atoms with van der Waals surface area (Å²) in [4.78, 5) is 0. The number of halogens is 1. The van der Waals surface area contributed by atoms with Crippen molar-refractivity contribution in [1.29, 1.82) is 0 Å². The van der Waals surface area contributed by atoms with Gasteiger partial charge in [-0.15, -0.1) is 0 Å². The van der Waals surface area contributed by atoms with Crippen LogP contribution in [0.4, 0.5) is 0 Å². The van der Waals surface area contributed by atoms with Crippen LogP contribution in [0.5, 0.6) is 11.5 Å². The Morgan fingerprint density at radius 2 is 1.92 bits per heavy atom. The maximum Gasteiger partial charge on any atom is 0.216 e. The standard InChI is InChI=1S/C17H15ClN4O2S/c1-23-14-7-8-15(24-2)12(9-14)10-19-22-16(20-21-17(22)25)11-3-5-13(18)6-4-11/h3-10H,1-2H3,(H,21,25). The molecular weight excluding hydrogens is 360 g/mol. The molecule has 3 rings (SSSR count). The van der Waals surface area contributed by atoms with Crippen LogP contribution in [-0.4, -0.2) is 35.3 Å². The molecule has 1 aromatic heterocycles. The van der Waals surface area contributed by atoms with E-state index in [4.69, 9.17) is 33.3 Å². The monoisotopic (exact) mass is 374 g/mol. The molecule has 0 atom stereocenters. The fourth-order valence-electron chi connectivity index (χ4n) is 2.24. The molecule has 3 aromatic rings. The summed E-state index contributed by atoms with van der Waals surface area (Å²) >= 11 is 11.2. The van der Waals surface area contributed by atoms with Gasteiger partial charge in [0, 0.05) is 16.1 Å². The molecule has 0 fully saturated rings. The summed E-state index contributed by atoms with van der Waals surface area (Å²) in [6.07, 6.45) is 1.64. The number of hydrogen-bond acceptors (Lipinski definition) is 5. The fourth-order valence-corrected chi connectivity index (χ4v) is 2.55. The summed E-state index contributed by atoms with van der Waals surface area (Å²) in [6.45, 7) is 0. The van der Waals surface area contributed by atoms with Gasteiger partial charge >= 0.3 is 0 Å². The Morgan fingerprint density at radius 3 is 2.60 bits per heavy atom. The van der Waals surface area contributed by atoms with E-state index in [1.807, 2.05) is 30.3 Å². The van der Waals surface area contributed by atoms with E-state index >= 15 is 0 Å². The lowest BCUT2D eigenvalue weighted by Crippen LogP contribution is -1.97. The number of methoxy groups -OCH3 is 2. The van der Waals surface area contributed by atoms with Crippen molar-refractivity contribution in [3.63, 3.8) is 0 Å². The first-order valence-electron chi connectivity index (χ1n) is 7.32. The molecule has 0 amide bonds. The summed E-state index contributed by atoms with van der Waals surface area (Å²) in [7, 11) is 3.20. The molecule has 0 aliphatic rings. The predicted molar refractivity (Wildman–Crippen MR) is 100 cm³/mol. The van der Waals surface area contributed by atoms with E-state index in [0.29, 0.717) is 27.1 Å². The second kappa shape index (κ2) is 7.50. The van der Waals surface area contributed by atoms with Gasteiger partial charge < -0.3 is 9.47 Å². The minimum Gasteiger partial charge on any atom is -0.497 e. The molecule has 0 radical (unpaired) electrons. The molecule has 0 aliphatic heterocycles. The highest BCUT2D eigenvalue weighted by Crippen LogP contribution is 2.23. The van der Waals surface area contributed by atoms with Gasteiger partial charge in [0.15, 0.2) is 5.82 Å². The van der Waals surface area contributed by atoms with Gasteiger partial charge in [0.2, 0.25) is 4.77 Å². The van der Waals surface area contributed by atoms with Gasteiger partial charge in [-0.2, -0.15) is 14.9 Å². The van der Waals surface area contributed by atoms with Crippen LogP contribution < -0.4 is 9.47 Å². The normalized spacial score (nSPS) is 11.0. The number of aromatic amines is 1. The lowest BCUT2D eigenvalue weighted by molar-refractivity contribution is 0.402. The van der Waals surface area contributed by atoms with E-state index in [0.717, 1.165) is 11.1 Å². The van der Waals surface area contributed by atoms with Gasteiger partial charge in [-0.25, -0.2) is 5.10 Å². The zero-order valence-corrected chi connectivity index (χ0v) is 15.1. The topological polar surface area (TPSA) is 64.4 Å². The Bertz CT molecular complexity index is 964. The van der Waals surface area contributed by atoms with Gasteiger partial charge in [-0.05, 0) is 54.7 Å². The highest BCUT2D eigenvalue weighted by Gasteiger charge is 2.09. The molecule has 0 saturated carbocycles. The zero-order chi connectivity index (χ0) is 17.8. The lowest BCUT2D eigenvalue weighted by atomic mass is 10.2. The van der Waals surface area contributed by atoms with Crippen LogP contribution in [-0.2, 0) is 0 Å². The van der Waals surface area contributed by atoms with Crippen LogP contribution in [0.3, 0.4) is 0 Å². The maximum absolute atomic E-state index is 5.94. The number of ether oxygens (including phenoxy) is 2. The summed E-state index contributed by atoms with van der Waals surface area (Å²) in [5.74, 6) is 1.96. The Balaban J connectivity index is 2.01. The van der Waals surface area contributed by atoms with Crippen LogP contribution in [0.2, 0.25) is 5.02 Å². The third-order valence-electron chi connectivity index (χ3n) is 3.50. The van der Waals surface area contributed by atoms with Crippen molar-refractivity contribution in [1.82, 2.24) is 14.9 Å². The van der Waals surface area contributed by atoms with E-state index in [1.54, 1.807) is 32.6 Å². The zero-order valence-electron chi connectivity index (χ0n) is 13.6. The Morgan fingerprint density at radius 1 is 1.16 bits per heavy atom. The Hall–Kier alpha value is -2.64. The fraction of sp³-hybridized carbons (Fsp3) is 0.118. The third kappa shape index (κ3) is 3.72. The van der Waals surface area contributed by atoms with E-state index in [1.165, 1.54) is 4.68 Å². The van der Waals surface area contributed by atoms with Crippen molar-refractivity contribution in [2.45, 2.75) is 0 Å². The molecule has 1 N–H and O–H groups in total. The van der Waals surface area contributed by atoms with Crippen LogP contribution in [0.25, 0.3) is 11.4 Å². The molecular formula is C17H15ClN4O2S. The van der Waals surface area contributed by atoms with E-state index < -0.39 is 0 Å². The van der Waals surface area contributed by atoms with Crippen LogP contribution in [0.15, 0.2) is 47.6 Å². The van der Waals surface area contributed by atoms with Gasteiger partial charge in [-0.3, -0.25) is 0 Å². The molecule has 1 heterocycles. The predicted octanol–water partition coefficient (Wildman–Crippen LogP) is 4.16. The first-order chi connectivity index (χ1) is 12.1. The van der Waals surface area contributed by atoms with E-state index in [2.05, 4.69) is 15.3 Å². The third-order valence-corrected chi connectivity index (χ3v) is 4.02. The highest BCUT2D eigenvalue weighted by molar-refractivity contribution is 7.71. The first kappa shape index (κ1) is 17.2. The number of aromatic nitrogens is 3. The van der Waals surface area contributed by atoms with Gasteiger partial charge in [-0.1, -0.05) is 11.6 Å². The summed E-state index contributed by atoms with van der Waals surface area (Å²) in [5.41, 5.74) is 1.60. The Kier molecular flexibility index (Phi) is 5.16. The molecule has 0 bridgehead atoms. The van der Waals surface area contributed by atoms with Crippen molar-refractivity contribution in [2.24, 2.45) is 5.10 Å². The molecule has 2 aromatic carbocycles. The number of benzene rings is 2. The van der Waals surface area contributed by atoms with Crippen LogP contribution >= 0.6 is 23.8 Å². The molecule has 0 saturated heterocycles. The van der Waals surface area contributed by atoms with Crippen LogP contribution in [0.1, 0.15) is 5.56 Å². The van der Waals surface area contributed by atoms with Crippen molar-refractivity contribution >= 4 is 30.0 Å². The minimum absolute atomic E-state index is 0.378. The largest absolute Gasteiger partial charge is 0.497 e. The molecule has 8 heteroatoms. The van der Waals surface area contributed by atoms with Gasteiger partial charge in [0.25, 0.3) is 0 Å². The number of nitrogens with zero attached hydrogens (tertiary/aromatic N) is 3. The van der Waals surface area contributed by atoms with Crippen molar-refractivity contribution in [3.05, 3.63) is 57.8 Å². The van der Waals surface area contributed by atoms with E-state index in [-0.39, 0.29) is 0 Å². The van der Waals surface area contributed by atoms with Crippen molar-refractivity contribution in [3.8, 4) is 22.9 Å². The van der Waals surface area contributed by atoms with E-state index in [9.17, 15) is 0 Å². The van der Waals surface area contributed by atoms with Crippen molar-refractivity contribution < 1.29 is 9.47 Å². The summed E-state index contributed by atoms with van der Waals surface area (Å²) < 4.78 is 12.5. The quantitative estimate of drug-likeness (QED) is 0.538. The smallest absolute Gasteiger partial charge is 0.216 e. The van der Waals surface area contributed by atoms with Crippen LogP contribution in [0, 0.1) is 4.77 Å². The highest BCUT2D eigenvalue weighted by atomic mass is 35.5. The molecule has 25 heavy (non-hydrogen) atoms. The van der Waals surface area contributed by atoms with Gasteiger partial charge in [0.1, 0.15) is 11.5 Å². The van der Waals surface area contributed by atoms with Gasteiger partial charge in [0.05, 0.1) is 20.4 Å². The minimum atomic E-state index is 0.378. The second-order valence-corrected chi connectivity index (χ2v) is 5.85. The molecule has 0 aliphatic carbocycles. The number of nitrogens with one attached hydrogen (secondary N) is 1. The lowest BCUT2D eigenvalue weighted by Gasteiger charge is -2.07. The van der Waals surface area contributed by atoms with Crippen molar-refractivity contribution in [2.75, 3.05) is 14.2 Å². The summed E-state index contributed by atoms with van der Waals surface area (Å²) in [5, 5.41) is 12.1. The maximum atomic E-state index is 5.94. The average Bonchev–Trinajstić information content (AvgIpc) is 3.01. The molecule has 0 spiro atoms. The number of rotatable bonds is 5. The molecule has 128 valence electrons. The first-order valence-corrected chi connectivity index (χ1v) is 8.10. The number of H-pyrrole nitrogens is 1.